The Labute approximate surface area is 92.4 Å². The van der Waals surface area contributed by atoms with E-state index >= 15 is 0 Å². The van der Waals surface area contributed by atoms with Gasteiger partial charge in [0.1, 0.15) is 0 Å². The Morgan fingerprint density at radius 1 is 1.60 bits per heavy atom. The Bertz CT molecular complexity index is 420. The first kappa shape index (κ1) is 10.3. The summed E-state index contributed by atoms with van der Waals surface area (Å²) in [6.45, 7) is 2.01. The van der Waals surface area contributed by atoms with Crippen LogP contribution in [0.1, 0.15) is 5.56 Å². The lowest BCUT2D eigenvalue weighted by molar-refractivity contribution is -0.123. The van der Waals surface area contributed by atoms with Gasteiger partial charge in [0.05, 0.1) is 10.7 Å². The van der Waals surface area contributed by atoms with Gasteiger partial charge in [0.2, 0.25) is 0 Å². The van der Waals surface area contributed by atoms with Gasteiger partial charge < -0.3 is 15.8 Å². The number of hydrogen-bond donors (Lipinski definition) is 2. The van der Waals surface area contributed by atoms with Crippen LogP contribution in [-0.2, 0) is 4.79 Å². The summed E-state index contributed by atoms with van der Waals surface area (Å²) < 4.78 is 5.44. The van der Waals surface area contributed by atoms with Crippen LogP contribution in [0.25, 0.3) is 0 Å². The van der Waals surface area contributed by atoms with E-state index in [0.29, 0.717) is 16.5 Å². The molecule has 2 rings (SSSR count). The molecule has 80 valence electrons. The molecule has 3 N–H and O–H groups in total. The summed E-state index contributed by atoms with van der Waals surface area (Å²) in [5.41, 5.74) is 6.96. The number of nitrogens with two attached hydrogens (primary N) is 1. The zero-order valence-corrected chi connectivity index (χ0v) is 8.97. The molecule has 1 aromatic carbocycles. The fraction of sp³-hybridized carbons (Fsp3) is 0.300. The van der Waals surface area contributed by atoms with Gasteiger partial charge >= 0.3 is 0 Å². The molecule has 0 aliphatic carbocycles. The molecular weight excluding hydrogens is 216 g/mol. The fourth-order valence-electron chi connectivity index (χ4n) is 1.48. The van der Waals surface area contributed by atoms with Crippen molar-refractivity contribution in [3.05, 3.63) is 22.7 Å². The number of carbonyl (C=O) groups excluding carboxylic acids is 1. The number of aryl methyl sites for hydroxylation is 1. The number of nitrogens with one attached hydrogen (secondary N) is 1. The van der Waals surface area contributed by atoms with Crippen molar-refractivity contribution in [1.29, 1.82) is 0 Å². The van der Waals surface area contributed by atoms with Gasteiger partial charge in [-0.1, -0.05) is 17.7 Å². The lowest BCUT2D eigenvalue weighted by Gasteiger charge is -2.26. The largest absolute Gasteiger partial charge is 0.475 e. The van der Waals surface area contributed by atoms with E-state index in [0.717, 1.165) is 5.56 Å². The Morgan fingerprint density at radius 2 is 2.33 bits per heavy atom. The van der Waals surface area contributed by atoms with Gasteiger partial charge in [0, 0.05) is 6.54 Å². The van der Waals surface area contributed by atoms with Crippen molar-refractivity contribution in [3.8, 4) is 5.75 Å². The van der Waals surface area contributed by atoms with Gasteiger partial charge in [0.15, 0.2) is 11.9 Å². The predicted octanol–water partition coefficient (Wildman–Crippen LogP) is 1.31. The van der Waals surface area contributed by atoms with E-state index in [9.17, 15) is 4.79 Å². The summed E-state index contributed by atoms with van der Waals surface area (Å²) >= 11 is 5.97. The minimum Gasteiger partial charge on any atom is -0.475 e. The van der Waals surface area contributed by atoms with E-state index in [1.165, 1.54) is 0 Å². The zero-order chi connectivity index (χ0) is 11.0. The third-order valence-electron chi connectivity index (χ3n) is 2.33. The highest BCUT2D eigenvalue weighted by atomic mass is 35.5. The lowest BCUT2D eigenvalue weighted by atomic mass is 10.1. The topological polar surface area (TPSA) is 64.4 Å². The van der Waals surface area contributed by atoms with Crippen LogP contribution < -0.4 is 15.8 Å². The van der Waals surface area contributed by atoms with Gasteiger partial charge in [0.25, 0.3) is 5.91 Å². The molecule has 0 spiro atoms. The third-order valence-corrected chi connectivity index (χ3v) is 2.63. The molecule has 15 heavy (non-hydrogen) atoms. The highest BCUT2D eigenvalue weighted by molar-refractivity contribution is 6.33. The molecule has 1 amide bonds. The van der Waals surface area contributed by atoms with Crippen LogP contribution in [0.3, 0.4) is 0 Å². The first-order valence-corrected chi connectivity index (χ1v) is 4.98. The van der Waals surface area contributed by atoms with Crippen molar-refractivity contribution in [2.45, 2.75) is 13.0 Å². The Balaban J connectivity index is 2.48. The van der Waals surface area contributed by atoms with Gasteiger partial charge in [-0.2, -0.15) is 0 Å². The van der Waals surface area contributed by atoms with E-state index in [1.54, 1.807) is 6.07 Å². The molecule has 0 radical (unpaired) electrons. The standard InChI is InChI=1S/C10H11ClN2O2/c1-5-2-3-6(11)9-8(5)13-10(14)7(4-12)15-9/h2-3,7H,4,12H2,1H3,(H,13,14). The molecule has 1 heterocycles. The Kier molecular flexibility index (Phi) is 2.54. The van der Waals surface area contributed by atoms with E-state index in [4.69, 9.17) is 22.1 Å². The highest BCUT2D eigenvalue weighted by Gasteiger charge is 2.28. The summed E-state index contributed by atoms with van der Waals surface area (Å²) in [7, 11) is 0. The first-order chi connectivity index (χ1) is 7.13. The van der Waals surface area contributed by atoms with Crippen LogP contribution in [0.5, 0.6) is 5.75 Å². The predicted molar refractivity (Wildman–Crippen MR) is 58.3 cm³/mol. The average Bonchev–Trinajstić information content (AvgIpc) is 2.23. The number of rotatable bonds is 1. The molecule has 1 unspecified atom stereocenters. The molecule has 1 aliphatic heterocycles. The van der Waals surface area contributed by atoms with Crippen LogP contribution in [-0.4, -0.2) is 18.6 Å². The maximum absolute atomic E-state index is 11.5. The Hall–Kier alpha value is -1.26. The van der Waals surface area contributed by atoms with Gasteiger partial charge in [-0.15, -0.1) is 0 Å². The normalized spacial score (nSPS) is 19.1. The lowest BCUT2D eigenvalue weighted by Crippen LogP contribution is -2.42. The molecule has 1 atom stereocenters. The van der Waals surface area contributed by atoms with Crippen LogP contribution in [0.2, 0.25) is 5.02 Å². The summed E-state index contributed by atoms with van der Waals surface area (Å²) in [5.74, 6) is 0.280. The monoisotopic (exact) mass is 226 g/mol. The zero-order valence-electron chi connectivity index (χ0n) is 8.21. The number of benzene rings is 1. The SMILES string of the molecule is Cc1ccc(Cl)c2c1NC(=O)C(CN)O2. The van der Waals surface area contributed by atoms with Gasteiger partial charge in [-0.05, 0) is 18.6 Å². The summed E-state index contributed by atoms with van der Waals surface area (Å²) in [5, 5.41) is 3.22. The number of amides is 1. The van der Waals surface area contributed by atoms with E-state index in [-0.39, 0.29) is 12.5 Å². The minimum atomic E-state index is -0.656. The number of halogens is 1. The van der Waals surface area contributed by atoms with Crippen molar-refractivity contribution in [2.75, 3.05) is 11.9 Å². The molecule has 4 nitrogen and oxygen atoms in total. The molecule has 1 aromatic rings. The molecule has 1 aliphatic rings. The molecular formula is C10H11ClN2O2. The van der Waals surface area contributed by atoms with Crippen molar-refractivity contribution >= 4 is 23.2 Å². The molecule has 0 bridgehead atoms. The van der Waals surface area contributed by atoms with Gasteiger partial charge in [-0.3, -0.25) is 4.79 Å². The second kappa shape index (κ2) is 3.72. The molecule has 0 fully saturated rings. The van der Waals surface area contributed by atoms with E-state index in [2.05, 4.69) is 5.32 Å². The average molecular weight is 227 g/mol. The molecule has 5 heteroatoms. The summed E-state index contributed by atoms with van der Waals surface area (Å²) in [6, 6.07) is 3.56. The number of hydrogen-bond acceptors (Lipinski definition) is 3. The van der Waals surface area contributed by atoms with Crippen molar-refractivity contribution < 1.29 is 9.53 Å². The van der Waals surface area contributed by atoms with Crippen LogP contribution >= 0.6 is 11.6 Å². The number of carbonyl (C=O) groups is 1. The maximum Gasteiger partial charge on any atom is 0.266 e. The van der Waals surface area contributed by atoms with Crippen molar-refractivity contribution in [1.82, 2.24) is 0 Å². The highest BCUT2D eigenvalue weighted by Crippen LogP contribution is 2.38. The van der Waals surface area contributed by atoms with Crippen molar-refractivity contribution in [2.24, 2.45) is 5.73 Å². The van der Waals surface area contributed by atoms with Crippen LogP contribution in [0.15, 0.2) is 12.1 Å². The molecule has 0 saturated carbocycles. The smallest absolute Gasteiger partial charge is 0.266 e. The first-order valence-electron chi connectivity index (χ1n) is 4.60. The fourth-order valence-corrected chi connectivity index (χ4v) is 1.68. The number of anilines is 1. The third kappa shape index (κ3) is 1.66. The van der Waals surface area contributed by atoms with E-state index < -0.39 is 6.10 Å². The molecule has 0 aromatic heterocycles. The van der Waals surface area contributed by atoms with Crippen LogP contribution in [0, 0.1) is 6.92 Å². The van der Waals surface area contributed by atoms with Crippen LogP contribution in [0.4, 0.5) is 5.69 Å². The Morgan fingerprint density at radius 3 is 3.00 bits per heavy atom. The molecule has 0 saturated heterocycles. The second-order valence-corrected chi connectivity index (χ2v) is 3.81. The van der Waals surface area contributed by atoms with E-state index in [1.807, 2.05) is 13.0 Å². The maximum atomic E-state index is 11.5. The summed E-state index contributed by atoms with van der Waals surface area (Å²) in [4.78, 5) is 11.5. The minimum absolute atomic E-state index is 0.134. The quantitative estimate of drug-likeness (QED) is 0.759. The second-order valence-electron chi connectivity index (χ2n) is 3.40. The van der Waals surface area contributed by atoms with Gasteiger partial charge in [-0.25, -0.2) is 0 Å². The van der Waals surface area contributed by atoms with Crippen molar-refractivity contribution in [3.63, 3.8) is 0 Å². The summed E-state index contributed by atoms with van der Waals surface area (Å²) in [6.07, 6.45) is -0.656. The number of fused-ring (bicyclic) bond motifs is 1. The number of ether oxygens (including phenoxy) is 1.